The number of phenols is 1. The highest BCUT2D eigenvalue weighted by Gasteiger charge is 2.12. The third-order valence-corrected chi connectivity index (χ3v) is 3.47. The van der Waals surface area contributed by atoms with Crippen molar-refractivity contribution in [1.29, 1.82) is 0 Å². The summed E-state index contributed by atoms with van der Waals surface area (Å²) in [7, 11) is 0. The van der Waals surface area contributed by atoms with Crippen LogP contribution in [0.2, 0.25) is 5.02 Å². The average molecular weight is 353 g/mol. The van der Waals surface area contributed by atoms with Gasteiger partial charge in [0.25, 0.3) is 5.89 Å². The monoisotopic (exact) mass is 351 g/mol. The van der Waals surface area contributed by atoms with Crippen molar-refractivity contribution >= 4 is 27.5 Å². The second-order valence-electron chi connectivity index (χ2n) is 3.95. The van der Waals surface area contributed by atoms with Gasteiger partial charge < -0.3 is 9.63 Å². The number of hydrogen-bond acceptors (Lipinski definition) is 5. The Hall–Kier alpha value is -1.92. The molecule has 0 bridgehead atoms. The molecule has 0 aliphatic carbocycles. The van der Waals surface area contributed by atoms with Crippen LogP contribution in [-0.2, 0) is 0 Å². The Balaban J connectivity index is 1.97. The van der Waals surface area contributed by atoms with E-state index < -0.39 is 0 Å². The molecule has 100 valence electrons. The standard InChI is InChI=1S/C13H7BrClN3O2/c14-9-3-1-7(5-11(9)19)13-17-12(18-20-13)10-4-2-8(15)6-16-10/h1-6,19H. The van der Waals surface area contributed by atoms with Crippen LogP contribution in [0, 0.1) is 0 Å². The minimum absolute atomic E-state index is 0.104. The summed E-state index contributed by atoms with van der Waals surface area (Å²) in [6, 6.07) is 8.41. The number of pyridine rings is 1. The SMILES string of the molecule is Oc1cc(-c2nc(-c3ccc(Cl)cn3)no2)ccc1Br. The molecule has 0 unspecified atom stereocenters. The van der Waals surface area contributed by atoms with E-state index in [4.69, 9.17) is 16.1 Å². The van der Waals surface area contributed by atoms with Gasteiger partial charge in [0.15, 0.2) is 0 Å². The minimum Gasteiger partial charge on any atom is -0.507 e. The second-order valence-corrected chi connectivity index (χ2v) is 5.24. The van der Waals surface area contributed by atoms with Crippen LogP contribution in [0.3, 0.4) is 0 Å². The zero-order valence-electron chi connectivity index (χ0n) is 9.92. The van der Waals surface area contributed by atoms with Gasteiger partial charge in [-0.3, -0.25) is 4.98 Å². The summed E-state index contributed by atoms with van der Waals surface area (Å²) in [6.45, 7) is 0. The maximum atomic E-state index is 9.65. The molecule has 1 aromatic carbocycles. The van der Waals surface area contributed by atoms with Gasteiger partial charge in [0.05, 0.1) is 9.50 Å². The zero-order chi connectivity index (χ0) is 14.1. The van der Waals surface area contributed by atoms with Crippen molar-refractivity contribution in [1.82, 2.24) is 15.1 Å². The number of phenolic OH excluding ortho intramolecular Hbond substituents is 1. The van der Waals surface area contributed by atoms with Gasteiger partial charge in [-0.1, -0.05) is 16.8 Å². The fourth-order valence-corrected chi connectivity index (χ4v) is 1.96. The van der Waals surface area contributed by atoms with E-state index in [1.165, 1.54) is 12.3 Å². The molecule has 0 radical (unpaired) electrons. The molecule has 0 fully saturated rings. The molecule has 0 aliphatic rings. The van der Waals surface area contributed by atoms with Crippen LogP contribution in [0.5, 0.6) is 5.75 Å². The fraction of sp³-hybridized carbons (Fsp3) is 0. The van der Waals surface area contributed by atoms with Crippen LogP contribution in [0.25, 0.3) is 23.0 Å². The largest absolute Gasteiger partial charge is 0.507 e. The van der Waals surface area contributed by atoms with E-state index in [9.17, 15) is 5.11 Å². The maximum Gasteiger partial charge on any atom is 0.258 e. The molecule has 3 rings (SSSR count). The maximum absolute atomic E-state index is 9.65. The smallest absolute Gasteiger partial charge is 0.258 e. The molecule has 0 saturated heterocycles. The van der Waals surface area contributed by atoms with Crippen molar-refractivity contribution in [2.45, 2.75) is 0 Å². The molecule has 0 aliphatic heterocycles. The van der Waals surface area contributed by atoms with Gasteiger partial charge in [-0.25, -0.2) is 0 Å². The van der Waals surface area contributed by atoms with E-state index in [0.29, 0.717) is 32.5 Å². The second kappa shape index (κ2) is 5.22. The van der Waals surface area contributed by atoms with Crippen molar-refractivity contribution in [3.05, 3.63) is 46.0 Å². The van der Waals surface area contributed by atoms with Gasteiger partial charge in [-0.05, 0) is 46.3 Å². The van der Waals surface area contributed by atoms with Crippen LogP contribution >= 0.6 is 27.5 Å². The van der Waals surface area contributed by atoms with Crippen LogP contribution < -0.4 is 0 Å². The molecule has 1 N–H and O–H groups in total. The van der Waals surface area contributed by atoms with Gasteiger partial charge in [0, 0.05) is 11.8 Å². The van der Waals surface area contributed by atoms with Gasteiger partial charge in [-0.2, -0.15) is 4.98 Å². The van der Waals surface area contributed by atoms with Crippen LogP contribution in [-0.4, -0.2) is 20.2 Å². The highest BCUT2D eigenvalue weighted by Crippen LogP contribution is 2.29. The number of benzene rings is 1. The minimum atomic E-state index is 0.104. The Bertz CT molecular complexity index is 759. The molecule has 20 heavy (non-hydrogen) atoms. The third-order valence-electron chi connectivity index (χ3n) is 2.58. The molecular formula is C13H7BrClN3O2. The molecule has 2 heterocycles. The zero-order valence-corrected chi connectivity index (χ0v) is 12.3. The van der Waals surface area contributed by atoms with E-state index in [2.05, 4.69) is 31.1 Å². The summed E-state index contributed by atoms with van der Waals surface area (Å²) < 4.78 is 5.77. The molecule has 7 heteroatoms. The van der Waals surface area contributed by atoms with E-state index in [1.807, 2.05) is 0 Å². The first kappa shape index (κ1) is 13.1. The van der Waals surface area contributed by atoms with Gasteiger partial charge in [0.2, 0.25) is 5.82 Å². The van der Waals surface area contributed by atoms with Crippen molar-refractivity contribution < 1.29 is 9.63 Å². The highest BCUT2D eigenvalue weighted by atomic mass is 79.9. The van der Waals surface area contributed by atoms with Gasteiger partial charge >= 0.3 is 0 Å². The summed E-state index contributed by atoms with van der Waals surface area (Å²) in [5, 5.41) is 14.0. The molecule has 5 nitrogen and oxygen atoms in total. The molecule has 3 aromatic rings. The van der Waals surface area contributed by atoms with Crippen LogP contribution in [0.1, 0.15) is 0 Å². The van der Waals surface area contributed by atoms with Crippen molar-refractivity contribution in [2.24, 2.45) is 0 Å². The number of aromatic hydroxyl groups is 1. The summed E-state index contributed by atoms with van der Waals surface area (Å²) in [5.74, 6) is 0.769. The first-order valence-electron chi connectivity index (χ1n) is 5.58. The molecule has 0 amide bonds. The first-order valence-corrected chi connectivity index (χ1v) is 6.75. The Morgan fingerprint density at radius 3 is 2.75 bits per heavy atom. The summed E-state index contributed by atoms with van der Waals surface area (Å²) in [6.07, 6.45) is 1.51. The third kappa shape index (κ3) is 2.52. The molecule has 0 spiro atoms. The average Bonchev–Trinajstić information content (AvgIpc) is 2.92. The van der Waals surface area contributed by atoms with Crippen LogP contribution in [0.15, 0.2) is 45.5 Å². The normalized spacial score (nSPS) is 10.7. The predicted octanol–water partition coefficient (Wildman–Crippen LogP) is 3.92. The number of rotatable bonds is 2. The van der Waals surface area contributed by atoms with E-state index in [-0.39, 0.29) is 5.75 Å². The molecule has 0 saturated carbocycles. The summed E-state index contributed by atoms with van der Waals surface area (Å²) in [4.78, 5) is 8.35. The first-order chi connectivity index (χ1) is 9.63. The Morgan fingerprint density at radius 1 is 1.20 bits per heavy atom. The lowest BCUT2D eigenvalue weighted by Gasteiger charge is -1.98. The lowest BCUT2D eigenvalue weighted by molar-refractivity contribution is 0.431. The highest BCUT2D eigenvalue weighted by molar-refractivity contribution is 9.10. The topological polar surface area (TPSA) is 72.0 Å². The number of aromatic nitrogens is 3. The van der Waals surface area contributed by atoms with Crippen LogP contribution in [0.4, 0.5) is 0 Å². The lowest BCUT2D eigenvalue weighted by Crippen LogP contribution is -1.85. The molecule has 0 atom stereocenters. The van der Waals surface area contributed by atoms with Crippen molar-refractivity contribution in [3.63, 3.8) is 0 Å². The summed E-state index contributed by atoms with van der Waals surface area (Å²) >= 11 is 8.98. The van der Waals surface area contributed by atoms with E-state index in [1.54, 1.807) is 24.3 Å². The molecule has 2 aromatic heterocycles. The Kier molecular flexibility index (Phi) is 3.42. The fourth-order valence-electron chi connectivity index (χ4n) is 1.60. The Morgan fingerprint density at radius 2 is 2.05 bits per heavy atom. The van der Waals surface area contributed by atoms with Crippen molar-refractivity contribution in [3.8, 4) is 28.7 Å². The Labute approximate surface area is 127 Å². The predicted molar refractivity (Wildman–Crippen MR) is 77.3 cm³/mol. The molecular weight excluding hydrogens is 346 g/mol. The lowest BCUT2D eigenvalue weighted by atomic mass is 10.2. The quantitative estimate of drug-likeness (QED) is 0.757. The van der Waals surface area contributed by atoms with Gasteiger partial charge in [-0.15, -0.1) is 0 Å². The summed E-state index contributed by atoms with van der Waals surface area (Å²) in [5.41, 5.74) is 1.18. The number of halogens is 2. The van der Waals surface area contributed by atoms with Gasteiger partial charge in [0.1, 0.15) is 11.4 Å². The van der Waals surface area contributed by atoms with E-state index in [0.717, 1.165) is 0 Å². The van der Waals surface area contributed by atoms with E-state index >= 15 is 0 Å². The number of hydrogen-bond donors (Lipinski definition) is 1. The van der Waals surface area contributed by atoms with Crippen molar-refractivity contribution in [2.75, 3.05) is 0 Å². The number of nitrogens with zero attached hydrogens (tertiary/aromatic N) is 3.